The summed E-state index contributed by atoms with van der Waals surface area (Å²) in [5.74, 6) is -1.86. The van der Waals surface area contributed by atoms with E-state index < -0.39 is 30.1 Å². The van der Waals surface area contributed by atoms with Crippen molar-refractivity contribution in [2.45, 2.75) is 64.7 Å². The second kappa shape index (κ2) is 15.9. The highest BCUT2D eigenvalue weighted by Gasteiger charge is 2.39. The number of esters is 1. The zero-order chi connectivity index (χ0) is 31.6. The number of aromatic nitrogens is 1. The van der Waals surface area contributed by atoms with Gasteiger partial charge in [-0.1, -0.05) is 43.7 Å². The number of amides is 2. The molecule has 5 atom stereocenters. The molecule has 3 aliphatic heterocycles. The molecule has 44 heavy (non-hydrogen) atoms. The summed E-state index contributed by atoms with van der Waals surface area (Å²) in [4.78, 5) is 60.1. The van der Waals surface area contributed by atoms with Crippen molar-refractivity contribution in [3.63, 3.8) is 0 Å². The third-order valence-corrected chi connectivity index (χ3v) is 8.10. The third kappa shape index (κ3) is 9.44. The molecular weight excluding hydrogens is 568 g/mol. The third-order valence-electron chi connectivity index (χ3n) is 8.10. The lowest BCUT2D eigenvalue weighted by atomic mass is 9.92. The van der Waals surface area contributed by atoms with Crippen molar-refractivity contribution in [2.24, 2.45) is 11.8 Å². The first-order valence-electron chi connectivity index (χ1n) is 15.4. The van der Waals surface area contributed by atoms with Crippen LogP contribution >= 0.6 is 0 Å². The normalized spacial score (nSPS) is 30.5. The van der Waals surface area contributed by atoms with Crippen molar-refractivity contribution in [1.82, 2.24) is 20.1 Å². The van der Waals surface area contributed by atoms with Gasteiger partial charge in [-0.25, -0.2) is 9.78 Å². The van der Waals surface area contributed by atoms with E-state index in [1.807, 2.05) is 13.8 Å². The summed E-state index contributed by atoms with van der Waals surface area (Å²) in [5.41, 5.74) is 0.733. The molecule has 3 aliphatic rings. The van der Waals surface area contributed by atoms with Gasteiger partial charge in [0, 0.05) is 51.0 Å². The number of carbonyl (C=O) groups is 4. The number of oxazole rings is 1. The molecule has 4 rings (SSSR count). The van der Waals surface area contributed by atoms with Crippen LogP contribution in [-0.2, 0) is 30.3 Å². The van der Waals surface area contributed by atoms with E-state index in [-0.39, 0.29) is 54.5 Å². The summed E-state index contributed by atoms with van der Waals surface area (Å²) in [5, 5.41) is 13.1. The Labute approximate surface area is 258 Å². The minimum absolute atomic E-state index is 0.00636. The number of hydrogen-bond donors (Lipinski definition) is 2. The molecule has 4 heterocycles. The molecule has 0 saturated carbocycles. The standard InChI is InChI=1S/C32H44N4O8/c1-21-6-4-10-33-28(39)9-8-22(2)30(23(3)19-35-12-14-42-15-13-35)44-32(41)27-7-5-11-36(27)31(40)26-20-43-29(34-26)18-25(38)17-24(37)16-21/h4,6,8-9,16,20,22-24,27,30,37H,5,7,10-15,17-19H2,1-3H3,(H,33,39)/b6-4+,9-8+,21-16+/t22-,23+,24-,27-,30+/m1/s1. The van der Waals surface area contributed by atoms with Crippen LogP contribution in [0.3, 0.4) is 0 Å². The van der Waals surface area contributed by atoms with Crippen LogP contribution in [0.25, 0.3) is 0 Å². The summed E-state index contributed by atoms with van der Waals surface area (Å²) in [7, 11) is 0. The van der Waals surface area contributed by atoms with E-state index in [0.717, 1.165) is 18.7 Å². The van der Waals surface area contributed by atoms with Crippen molar-refractivity contribution in [2.75, 3.05) is 45.9 Å². The van der Waals surface area contributed by atoms with Gasteiger partial charge in [0.15, 0.2) is 5.69 Å². The van der Waals surface area contributed by atoms with Crippen LogP contribution in [0.15, 0.2) is 46.6 Å². The lowest BCUT2D eigenvalue weighted by molar-refractivity contribution is -0.159. The number of ketones is 1. The maximum Gasteiger partial charge on any atom is 0.329 e. The number of cyclic esters (lactones) is 1. The molecule has 2 fully saturated rings. The Balaban J connectivity index is 1.57. The highest BCUT2D eigenvalue weighted by Crippen LogP contribution is 2.26. The average Bonchev–Trinajstić information content (AvgIpc) is 3.66. The predicted molar refractivity (Wildman–Crippen MR) is 160 cm³/mol. The Morgan fingerprint density at radius 3 is 2.68 bits per heavy atom. The van der Waals surface area contributed by atoms with E-state index in [4.69, 9.17) is 13.9 Å². The van der Waals surface area contributed by atoms with Gasteiger partial charge >= 0.3 is 5.97 Å². The summed E-state index contributed by atoms with van der Waals surface area (Å²) in [6, 6.07) is -0.791. The number of nitrogens with one attached hydrogen (secondary N) is 1. The van der Waals surface area contributed by atoms with Gasteiger partial charge in [0.1, 0.15) is 24.2 Å². The van der Waals surface area contributed by atoms with Crippen molar-refractivity contribution in [3.05, 3.63) is 53.8 Å². The Bertz CT molecular complexity index is 1260. The number of nitrogens with zero attached hydrogens (tertiary/aromatic N) is 3. The van der Waals surface area contributed by atoms with Gasteiger partial charge in [0.2, 0.25) is 11.8 Å². The summed E-state index contributed by atoms with van der Waals surface area (Å²) in [6.07, 6.45) is 8.62. The Kier molecular flexibility index (Phi) is 12.0. The number of hydrogen-bond acceptors (Lipinski definition) is 10. The molecule has 0 spiro atoms. The first kappa shape index (κ1) is 33.3. The molecule has 2 N–H and O–H groups in total. The maximum absolute atomic E-state index is 13.6. The molecule has 2 amide bonds. The molecule has 240 valence electrons. The second-order valence-corrected chi connectivity index (χ2v) is 11.8. The van der Waals surface area contributed by atoms with E-state index in [1.165, 1.54) is 17.2 Å². The molecule has 0 radical (unpaired) electrons. The highest BCUT2D eigenvalue weighted by atomic mass is 16.5. The van der Waals surface area contributed by atoms with E-state index in [9.17, 15) is 24.3 Å². The molecule has 1 aromatic rings. The first-order chi connectivity index (χ1) is 21.1. The van der Waals surface area contributed by atoms with Crippen molar-refractivity contribution >= 4 is 23.6 Å². The van der Waals surface area contributed by atoms with Gasteiger partial charge in [0.05, 0.1) is 25.7 Å². The fourth-order valence-electron chi connectivity index (χ4n) is 5.85. The van der Waals surface area contributed by atoms with Gasteiger partial charge in [-0.05, 0) is 25.8 Å². The highest BCUT2D eigenvalue weighted by molar-refractivity contribution is 5.95. The summed E-state index contributed by atoms with van der Waals surface area (Å²) >= 11 is 0. The Hall–Kier alpha value is -3.61. The van der Waals surface area contributed by atoms with E-state index in [0.29, 0.717) is 39.1 Å². The zero-order valence-electron chi connectivity index (χ0n) is 25.8. The number of morpholine rings is 1. The monoisotopic (exact) mass is 612 g/mol. The van der Waals surface area contributed by atoms with E-state index in [1.54, 1.807) is 31.2 Å². The van der Waals surface area contributed by atoms with Crippen molar-refractivity contribution in [1.29, 1.82) is 0 Å². The number of Topliss-reactive ketones (excluding diaryl/α,β-unsaturated/α-hetero) is 1. The Morgan fingerprint density at radius 1 is 1.14 bits per heavy atom. The van der Waals surface area contributed by atoms with Gasteiger partial charge in [-0.3, -0.25) is 19.3 Å². The van der Waals surface area contributed by atoms with Crippen LogP contribution in [0.4, 0.5) is 0 Å². The van der Waals surface area contributed by atoms with Gasteiger partial charge < -0.3 is 29.2 Å². The molecular formula is C32H44N4O8. The lowest BCUT2D eigenvalue weighted by Crippen LogP contribution is -2.46. The number of aliphatic hydroxyl groups is 1. The molecule has 2 bridgehead atoms. The van der Waals surface area contributed by atoms with Gasteiger partial charge in [0.25, 0.3) is 5.91 Å². The largest absolute Gasteiger partial charge is 0.460 e. The smallest absolute Gasteiger partial charge is 0.329 e. The number of allylic oxidation sites excluding steroid dienone is 2. The van der Waals surface area contributed by atoms with Crippen LogP contribution in [0.5, 0.6) is 0 Å². The number of fused-ring (bicyclic) bond motifs is 3. The van der Waals surface area contributed by atoms with Crippen molar-refractivity contribution < 1.29 is 38.2 Å². The molecule has 2 saturated heterocycles. The fourth-order valence-corrected chi connectivity index (χ4v) is 5.85. The first-order valence-corrected chi connectivity index (χ1v) is 15.4. The number of ether oxygens (including phenoxy) is 2. The van der Waals surface area contributed by atoms with Crippen LogP contribution in [0.2, 0.25) is 0 Å². The topological polar surface area (TPSA) is 152 Å². The SMILES string of the molecule is CC1=C\[C@@H](O)CC(=O)Cc2nc(co2)C(=O)N2CCC[C@@H]2C(=O)O[C@H]([C@@H](C)CN2CCOCC2)[C@H](C)/C=C/C(=O)NC\C=C\1. The second-order valence-electron chi connectivity index (χ2n) is 11.8. The van der Waals surface area contributed by atoms with Crippen LogP contribution in [0, 0.1) is 11.8 Å². The van der Waals surface area contributed by atoms with Crippen LogP contribution < -0.4 is 5.32 Å². The quantitative estimate of drug-likeness (QED) is 0.484. The van der Waals surface area contributed by atoms with Crippen LogP contribution in [-0.4, -0.2) is 108 Å². The average molecular weight is 613 g/mol. The van der Waals surface area contributed by atoms with Crippen molar-refractivity contribution in [3.8, 4) is 0 Å². The molecule has 0 aromatic carbocycles. The molecule has 0 unspecified atom stereocenters. The summed E-state index contributed by atoms with van der Waals surface area (Å²) < 4.78 is 17.0. The lowest BCUT2D eigenvalue weighted by Gasteiger charge is -2.35. The van der Waals surface area contributed by atoms with Crippen LogP contribution in [0.1, 0.15) is 56.4 Å². The minimum atomic E-state index is -1.02. The zero-order valence-corrected chi connectivity index (χ0v) is 25.8. The molecule has 0 aliphatic carbocycles. The minimum Gasteiger partial charge on any atom is -0.460 e. The Morgan fingerprint density at radius 2 is 1.91 bits per heavy atom. The van der Waals surface area contributed by atoms with Gasteiger partial charge in [-0.2, -0.15) is 0 Å². The molecule has 1 aromatic heterocycles. The number of rotatable bonds is 3. The van der Waals surface area contributed by atoms with E-state index in [2.05, 4.69) is 15.2 Å². The summed E-state index contributed by atoms with van der Waals surface area (Å²) in [6.45, 7) is 9.90. The fraction of sp³-hybridized carbons (Fsp3) is 0.594. The predicted octanol–water partition coefficient (Wildman–Crippen LogP) is 1.85. The van der Waals surface area contributed by atoms with E-state index >= 15 is 0 Å². The maximum atomic E-state index is 13.6. The molecule has 12 heteroatoms. The number of carbonyl (C=O) groups excluding carboxylic acids is 4. The van der Waals surface area contributed by atoms with Gasteiger partial charge in [-0.15, -0.1) is 0 Å². The molecule has 12 nitrogen and oxygen atoms in total. The number of aliphatic hydroxyl groups excluding tert-OH is 1.